The van der Waals surface area contributed by atoms with Gasteiger partial charge in [-0.1, -0.05) is 0 Å². The van der Waals surface area contributed by atoms with Crippen LogP contribution in [0.25, 0.3) is 5.65 Å². The van der Waals surface area contributed by atoms with E-state index in [1.807, 2.05) is 20.8 Å². The molecule has 0 atom stereocenters. The van der Waals surface area contributed by atoms with Gasteiger partial charge in [-0.15, -0.1) is 0 Å². The second-order valence-electron chi connectivity index (χ2n) is 7.26. The van der Waals surface area contributed by atoms with Gasteiger partial charge in [0.25, 0.3) is 11.8 Å². The number of ether oxygens (including phenoxy) is 2. The van der Waals surface area contributed by atoms with Crippen LogP contribution >= 0.6 is 0 Å². The van der Waals surface area contributed by atoms with Crippen LogP contribution in [0.3, 0.4) is 0 Å². The third-order valence-electron chi connectivity index (χ3n) is 5.10. The largest absolute Gasteiger partial charge is 0.493 e. The zero-order chi connectivity index (χ0) is 22.7. The number of nitrogens with zero attached hydrogens (tertiary/aromatic N) is 4. The van der Waals surface area contributed by atoms with Gasteiger partial charge in [0.1, 0.15) is 0 Å². The van der Waals surface area contributed by atoms with Gasteiger partial charge in [0, 0.05) is 30.4 Å². The highest BCUT2D eigenvalue weighted by molar-refractivity contribution is 6.07. The topological polar surface area (TPSA) is 98.1 Å². The summed E-state index contributed by atoms with van der Waals surface area (Å²) in [5.74, 6) is 0.111. The van der Waals surface area contributed by atoms with Crippen LogP contribution < -0.4 is 14.8 Å². The standard InChI is InChI=1S/C22H27N5O4/c1-7-26(13(2)3)22(29)15-10-17(20(31-6)18(11-15)30-5)25-21(28)16-12-23-19-8-9-24-27(19)14(16)4/h8-13H,7H2,1-6H3,(H,25,28). The Labute approximate surface area is 181 Å². The second-order valence-corrected chi connectivity index (χ2v) is 7.26. The third kappa shape index (κ3) is 4.16. The quantitative estimate of drug-likeness (QED) is 0.624. The number of hydrogen-bond acceptors (Lipinski definition) is 6. The van der Waals surface area contributed by atoms with E-state index in [1.165, 1.54) is 20.4 Å². The minimum absolute atomic E-state index is 0.0261. The van der Waals surface area contributed by atoms with Gasteiger partial charge in [0.15, 0.2) is 17.1 Å². The lowest BCUT2D eigenvalue weighted by molar-refractivity contribution is 0.0716. The molecule has 2 aromatic heterocycles. The Kier molecular flexibility index (Phi) is 6.43. The van der Waals surface area contributed by atoms with Crippen LogP contribution in [0.1, 0.15) is 47.2 Å². The zero-order valence-corrected chi connectivity index (χ0v) is 18.6. The molecule has 2 heterocycles. The molecule has 9 nitrogen and oxygen atoms in total. The van der Waals surface area contributed by atoms with Crippen LogP contribution in [0.4, 0.5) is 5.69 Å². The van der Waals surface area contributed by atoms with Crippen molar-refractivity contribution in [1.82, 2.24) is 19.5 Å². The number of hydrogen-bond donors (Lipinski definition) is 1. The van der Waals surface area contributed by atoms with Gasteiger partial charge in [-0.2, -0.15) is 5.10 Å². The average Bonchev–Trinajstić information content (AvgIpc) is 3.23. The molecule has 1 N–H and O–H groups in total. The molecule has 0 radical (unpaired) electrons. The molecule has 0 saturated carbocycles. The highest BCUT2D eigenvalue weighted by Crippen LogP contribution is 2.37. The Balaban J connectivity index is 2.03. The molecule has 9 heteroatoms. The summed E-state index contributed by atoms with van der Waals surface area (Å²) in [5, 5.41) is 7.03. The van der Waals surface area contributed by atoms with Gasteiger partial charge in [-0.05, 0) is 39.8 Å². The van der Waals surface area contributed by atoms with E-state index < -0.39 is 5.91 Å². The fourth-order valence-electron chi connectivity index (χ4n) is 3.49. The Hall–Kier alpha value is -3.62. The summed E-state index contributed by atoms with van der Waals surface area (Å²) in [7, 11) is 2.96. The van der Waals surface area contributed by atoms with E-state index >= 15 is 0 Å². The number of carbonyl (C=O) groups excluding carboxylic acids is 2. The van der Waals surface area contributed by atoms with Crippen molar-refractivity contribution < 1.29 is 19.1 Å². The molecule has 3 rings (SSSR count). The summed E-state index contributed by atoms with van der Waals surface area (Å²) < 4.78 is 12.5. The van der Waals surface area contributed by atoms with Crippen molar-refractivity contribution in [2.45, 2.75) is 33.7 Å². The van der Waals surface area contributed by atoms with Crippen LogP contribution in [-0.4, -0.2) is 58.1 Å². The number of aromatic nitrogens is 3. The lowest BCUT2D eigenvalue weighted by Gasteiger charge is -2.26. The average molecular weight is 425 g/mol. The van der Waals surface area contributed by atoms with E-state index in [0.717, 1.165) is 0 Å². The number of nitrogens with one attached hydrogen (secondary N) is 1. The van der Waals surface area contributed by atoms with E-state index in [4.69, 9.17) is 9.47 Å². The van der Waals surface area contributed by atoms with Crippen LogP contribution in [0.5, 0.6) is 11.5 Å². The molecule has 0 fully saturated rings. The van der Waals surface area contributed by atoms with E-state index in [2.05, 4.69) is 15.4 Å². The normalized spacial score (nSPS) is 10.9. The number of aryl methyl sites for hydroxylation is 1. The summed E-state index contributed by atoms with van der Waals surface area (Å²) in [6.07, 6.45) is 3.12. The Morgan fingerprint density at radius 3 is 2.58 bits per heavy atom. The molecule has 0 saturated heterocycles. The molecule has 0 aliphatic rings. The number of carbonyl (C=O) groups is 2. The summed E-state index contributed by atoms with van der Waals surface area (Å²) in [6, 6.07) is 5.00. The van der Waals surface area contributed by atoms with E-state index in [-0.39, 0.29) is 11.9 Å². The first-order chi connectivity index (χ1) is 14.8. The van der Waals surface area contributed by atoms with Crippen molar-refractivity contribution in [1.29, 1.82) is 0 Å². The summed E-state index contributed by atoms with van der Waals surface area (Å²) >= 11 is 0. The fraction of sp³-hybridized carbons (Fsp3) is 0.364. The summed E-state index contributed by atoms with van der Waals surface area (Å²) in [6.45, 7) is 8.16. The van der Waals surface area contributed by atoms with Crippen molar-refractivity contribution >= 4 is 23.1 Å². The summed E-state index contributed by atoms with van der Waals surface area (Å²) in [5.41, 5.74) is 2.36. The highest BCUT2D eigenvalue weighted by Gasteiger charge is 2.23. The molecular formula is C22H27N5O4. The van der Waals surface area contributed by atoms with Crippen LogP contribution in [-0.2, 0) is 0 Å². The second kappa shape index (κ2) is 9.03. The number of amides is 2. The van der Waals surface area contributed by atoms with Gasteiger partial charge < -0.3 is 19.7 Å². The maximum absolute atomic E-state index is 13.1. The minimum atomic E-state index is -0.399. The number of methoxy groups -OCH3 is 2. The number of rotatable bonds is 7. The molecule has 3 aromatic rings. The molecule has 2 amide bonds. The van der Waals surface area contributed by atoms with Gasteiger partial charge >= 0.3 is 0 Å². The lowest BCUT2D eigenvalue weighted by atomic mass is 10.1. The predicted molar refractivity (Wildman–Crippen MR) is 117 cm³/mol. The number of benzene rings is 1. The number of anilines is 1. The van der Waals surface area contributed by atoms with E-state index in [1.54, 1.807) is 40.7 Å². The molecule has 0 unspecified atom stereocenters. The monoisotopic (exact) mass is 425 g/mol. The van der Waals surface area contributed by atoms with Crippen molar-refractivity contribution in [3.8, 4) is 11.5 Å². The molecule has 0 aliphatic heterocycles. The maximum Gasteiger partial charge on any atom is 0.259 e. The molecule has 31 heavy (non-hydrogen) atoms. The minimum Gasteiger partial charge on any atom is -0.493 e. The first-order valence-corrected chi connectivity index (χ1v) is 10.00. The van der Waals surface area contributed by atoms with Gasteiger partial charge in [-0.3, -0.25) is 9.59 Å². The van der Waals surface area contributed by atoms with E-state index in [0.29, 0.717) is 46.2 Å². The van der Waals surface area contributed by atoms with Crippen LogP contribution in [0.2, 0.25) is 0 Å². The Bertz CT molecular complexity index is 1120. The van der Waals surface area contributed by atoms with Crippen molar-refractivity contribution in [2.75, 3.05) is 26.1 Å². The molecule has 0 spiro atoms. The highest BCUT2D eigenvalue weighted by atomic mass is 16.5. The smallest absolute Gasteiger partial charge is 0.259 e. The lowest BCUT2D eigenvalue weighted by Crippen LogP contribution is -2.36. The van der Waals surface area contributed by atoms with Gasteiger partial charge in [-0.25, -0.2) is 9.50 Å². The van der Waals surface area contributed by atoms with Crippen LogP contribution in [0.15, 0.2) is 30.6 Å². The zero-order valence-electron chi connectivity index (χ0n) is 18.6. The van der Waals surface area contributed by atoms with Gasteiger partial charge in [0.2, 0.25) is 0 Å². The maximum atomic E-state index is 13.1. The van der Waals surface area contributed by atoms with Gasteiger partial charge in [0.05, 0.1) is 37.4 Å². The first kappa shape index (κ1) is 22.1. The Morgan fingerprint density at radius 1 is 1.23 bits per heavy atom. The molecule has 164 valence electrons. The Morgan fingerprint density at radius 2 is 1.97 bits per heavy atom. The first-order valence-electron chi connectivity index (χ1n) is 10.00. The van der Waals surface area contributed by atoms with E-state index in [9.17, 15) is 9.59 Å². The van der Waals surface area contributed by atoms with Crippen molar-refractivity contribution in [3.05, 3.63) is 47.4 Å². The molecular weight excluding hydrogens is 398 g/mol. The van der Waals surface area contributed by atoms with Crippen LogP contribution in [0, 0.1) is 6.92 Å². The summed E-state index contributed by atoms with van der Waals surface area (Å²) in [4.78, 5) is 32.1. The number of fused-ring (bicyclic) bond motifs is 1. The van der Waals surface area contributed by atoms with Crippen molar-refractivity contribution in [3.63, 3.8) is 0 Å². The molecule has 0 aliphatic carbocycles. The van der Waals surface area contributed by atoms with Crippen molar-refractivity contribution in [2.24, 2.45) is 0 Å². The SMILES string of the molecule is CCN(C(=O)c1cc(NC(=O)c2cnc3ccnn3c2C)c(OC)c(OC)c1)C(C)C. The molecule has 1 aromatic carbocycles. The fourth-order valence-corrected chi connectivity index (χ4v) is 3.49. The molecule has 0 bridgehead atoms. The third-order valence-corrected chi connectivity index (χ3v) is 5.10. The predicted octanol–water partition coefficient (Wildman–Crippen LogP) is 3.18.